The van der Waals surface area contributed by atoms with E-state index in [1.165, 1.54) is 24.9 Å². The average molecular weight is 454 g/mol. The minimum absolute atomic E-state index is 0.161. The molecule has 1 N–H and O–H groups in total. The maximum Gasteiger partial charge on any atom is 0.212 e. The van der Waals surface area contributed by atoms with Gasteiger partial charge in [0.2, 0.25) is 5.95 Å². The Bertz CT molecular complexity index is 1280. The third kappa shape index (κ3) is 3.80. The molecule has 0 radical (unpaired) electrons. The molecule has 0 amide bonds. The number of hydrogen-bond donors (Lipinski definition) is 1. The molecule has 174 valence electrons. The van der Waals surface area contributed by atoms with Crippen molar-refractivity contribution in [3.05, 3.63) is 72.7 Å². The SMILES string of the molecule is CCCN1CC2CC1CN2c1nc(-c2ccnc(N[C@@H](C)c3ccccc3)c2)cc2nccn12. The predicted octanol–water partition coefficient (Wildman–Crippen LogP) is 4.64. The lowest BCUT2D eigenvalue weighted by atomic mass is 10.1. The molecule has 2 aliphatic rings. The molecule has 1 aromatic carbocycles. The van der Waals surface area contributed by atoms with E-state index in [-0.39, 0.29) is 6.04 Å². The van der Waals surface area contributed by atoms with Crippen LogP contribution in [0.25, 0.3) is 16.9 Å². The van der Waals surface area contributed by atoms with Crippen LogP contribution in [-0.4, -0.2) is 56.0 Å². The number of benzene rings is 1. The van der Waals surface area contributed by atoms with Gasteiger partial charge >= 0.3 is 0 Å². The highest BCUT2D eigenvalue weighted by atomic mass is 15.4. The third-order valence-corrected chi connectivity index (χ3v) is 7.21. The maximum absolute atomic E-state index is 5.17. The molecular formula is C27H31N7. The molecule has 6 rings (SSSR count). The van der Waals surface area contributed by atoms with Crippen LogP contribution in [0, 0.1) is 0 Å². The third-order valence-electron chi connectivity index (χ3n) is 7.21. The summed E-state index contributed by atoms with van der Waals surface area (Å²) >= 11 is 0. The van der Waals surface area contributed by atoms with Crippen molar-refractivity contribution in [3.63, 3.8) is 0 Å². The van der Waals surface area contributed by atoms with Crippen LogP contribution in [0.1, 0.15) is 38.3 Å². The summed E-state index contributed by atoms with van der Waals surface area (Å²) in [6, 6.07) is 17.9. The highest BCUT2D eigenvalue weighted by Crippen LogP contribution is 2.35. The van der Waals surface area contributed by atoms with Gasteiger partial charge in [0.05, 0.1) is 5.69 Å². The van der Waals surface area contributed by atoms with Crippen LogP contribution in [0.4, 0.5) is 11.8 Å². The molecular weight excluding hydrogens is 422 g/mol. The van der Waals surface area contributed by atoms with Gasteiger partial charge in [-0.1, -0.05) is 37.3 Å². The number of pyridine rings is 1. The zero-order valence-electron chi connectivity index (χ0n) is 19.8. The van der Waals surface area contributed by atoms with E-state index in [2.05, 4.69) is 79.7 Å². The van der Waals surface area contributed by atoms with Crippen LogP contribution >= 0.6 is 0 Å². The van der Waals surface area contributed by atoms with Gasteiger partial charge in [0, 0.05) is 61.4 Å². The van der Waals surface area contributed by atoms with Crippen LogP contribution in [-0.2, 0) is 0 Å². The summed E-state index contributed by atoms with van der Waals surface area (Å²) < 4.78 is 2.13. The van der Waals surface area contributed by atoms with Gasteiger partial charge in [0.15, 0.2) is 0 Å². The van der Waals surface area contributed by atoms with E-state index in [1.807, 2.05) is 30.7 Å². The van der Waals surface area contributed by atoms with Crippen molar-refractivity contribution >= 4 is 17.4 Å². The molecule has 5 heterocycles. The van der Waals surface area contributed by atoms with Crippen LogP contribution in [0.2, 0.25) is 0 Å². The van der Waals surface area contributed by atoms with Crippen LogP contribution in [0.3, 0.4) is 0 Å². The largest absolute Gasteiger partial charge is 0.364 e. The van der Waals surface area contributed by atoms with Crippen molar-refractivity contribution in [2.75, 3.05) is 29.9 Å². The Kier molecular flexibility index (Phi) is 5.41. The fraction of sp³-hybridized carbons (Fsp3) is 0.370. The Morgan fingerprint density at radius 2 is 1.91 bits per heavy atom. The lowest BCUT2D eigenvalue weighted by Gasteiger charge is -2.35. The molecule has 3 aromatic heterocycles. The Hall–Kier alpha value is -3.45. The molecule has 34 heavy (non-hydrogen) atoms. The number of rotatable bonds is 7. The maximum atomic E-state index is 5.17. The molecule has 0 aliphatic carbocycles. The Morgan fingerprint density at radius 1 is 1.03 bits per heavy atom. The van der Waals surface area contributed by atoms with Gasteiger partial charge in [-0.25, -0.2) is 15.0 Å². The molecule has 2 bridgehead atoms. The van der Waals surface area contributed by atoms with E-state index in [1.54, 1.807) is 0 Å². The van der Waals surface area contributed by atoms with E-state index in [0.717, 1.165) is 41.8 Å². The summed E-state index contributed by atoms with van der Waals surface area (Å²) in [5, 5.41) is 3.53. The summed E-state index contributed by atoms with van der Waals surface area (Å²) in [5.74, 6) is 1.84. The topological polar surface area (TPSA) is 61.6 Å². The van der Waals surface area contributed by atoms with Gasteiger partial charge < -0.3 is 10.2 Å². The molecule has 4 aromatic rings. The van der Waals surface area contributed by atoms with E-state index in [9.17, 15) is 0 Å². The van der Waals surface area contributed by atoms with Crippen LogP contribution in [0.5, 0.6) is 0 Å². The first-order valence-electron chi connectivity index (χ1n) is 12.3. The fourth-order valence-corrected chi connectivity index (χ4v) is 5.53. The molecule has 0 spiro atoms. The van der Waals surface area contributed by atoms with Crippen molar-refractivity contribution in [1.29, 1.82) is 0 Å². The standard InChI is InChI=1S/C27H31N7/c1-3-12-32-17-23-15-22(32)18-34(23)27-31-24(16-26-29-11-13-33(26)27)21-9-10-28-25(14-21)30-19(2)20-7-5-4-6-8-20/h4-11,13-14,16,19,22-23H,3,12,15,17-18H2,1-2H3,(H,28,30)/t19-,22?,23?/m0/s1. The van der Waals surface area contributed by atoms with Crippen LogP contribution in [0.15, 0.2) is 67.1 Å². The van der Waals surface area contributed by atoms with Crippen molar-refractivity contribution in [2.45, 2.75) is 44.8 Å². The summed E-state index contributed by atoms with van der Waals surface area (Å²) in [6.07, 6.45) is 8.18. The first kappa shape index (κ1) is 21.1. The second kappa shape index (κ2) is 8.72. The highest BCUT2D eigenvalue weighted by Gasteiger charge is 2.44. The lowest BCUT2D eigenvalue weighted by molar-refractivity contribution is 0.238. The normalized spacial score (nSPS) is 20.8. The zero-order chi connectivity index (χ0) is 23.1. The Labute approximate surface area is 200 Å². The van der Waals surface area contributed by atoms with Crippen molar-refractivity contribution in [3.8, 4) is 11.3 Å². The number of nitrogens with zero attached hydrogens (tertiary/aromatic N) is 6. The van der Waals surface area contributed by atoms with E-state index >= 15 is 0 Å². The van der Waals surface area contributed by atoms with Gasteiger partial charge in [-0.15, -0.1) is 0 Å². The number of nitrogens with one attached hydrogen (secondary N) is 1. The molecule has 0 saturated carbocycles. The molecule has 3 atom stereocenters. The average Bonchev–Trinajstić information content (AvgIpc) is 3.60. The molecule has 2 fully saturated rings. The molecule has 2 saturated heterocycles. The van der Waals surface area contributed by atoms with Gasteiger partial charge in [-0.3, -0.25) is 9.30 Å². The van der Waals surface area contributed by atoms with Crippen molar-refractivity contribution < 1.29 is 0 Å². The van der Waals surface area contributed by atoms with Gasteiger partial charge in [0.25, 0.3) is 0 Å². The van der Waals surface area contributed by atoms with E-state index in [4.69, 9.17) is 4.98 Å². The second-order valence-electron chi connectivity index (χ2n) is 9.49. The number of anilines is 2. The van der Waals surface area contributed by atoms with E-state index in [0.29, 0.717) is 12.1 Å². The van der Waals surface area contributed by atoms with Gasteiger partial charge in [0.1, 0.15) is 11.5 Å². The quantitative estimate of drug-likeness (QED) is 0.440. The van der Waals surface area contributed by atoms with Crippen molar-refractivity contribution in [1.82, 2.24) is 24.3 Å². The number of piperazine rings is 1. The monoisotopic (exact) mass is 453 g/mol. The predicted molar refractivity (Wildman–Crippen MR) is 136 cm³/mol. The molecule has 7 heteroatoms. The first-order chi connectivity index (χ1) is 16.7. The summed E-state index contributed by atoms with van der Waals surface area (Å²) in [6.45, 7) is 7.77. The van der Waals surface area contributed by atoms with Crippen molar-refractivity contribution in [2.24, 2.45) is 0 Å². The number of imidazole rings is 1. The Morgan fingerprint density at radius 3 is 2.71 bits per heavy atom. The minimum atomic E-state index is 0.161. The summed E-state index contributed by atoms with van der Waals surface area (Å²) in [5.41, 5.74) is 4.13. The van der Waals surface area contributed by atoms with Gasteiger partial charge in [-0.05, 0) is 44.0 Å². The van der Waals surface area contributed by atoms with E-state index < -0.39 is 0 Å². The van der Waals surface area contributed by atoms with Gasteiger partial charge in [-0.2, -0.15) is 0 Å². The molecule has 2 aliphatic heterocycles. The molecule has 7 nitrogen and oxygen atoms in total. The van der Waals surface area contributed by atoms with Crippen LogP contribution < -0.4 is 10.2 Å². The smallest absolute Gasteiger partial charge is 0.212 e. The number of fused-ring (bicyclic) bond motifs is 3. The second-order valence-corrected chi connectivity index (χ2v) is 9.49. The zero-order valence-corrected chi connectivity index (χ0v) is 19.8. The number of likely N-dealkylation sites (tertiary alicyclic amines) is 1. The lowest BCUT2D eigenvalue weighted by Crippen LogP contribution is -2.47. The first-order valence-corrected chi connectivity index (χ1v) is 12.3. The minimum Gasteiger partial charge on any atom is -0.364 e. The highest BCUT2D eigenvalue weighted by molar-refractivity contribution is 5.68. The molecule has 2 unspecified atom stereocenters. The Balaban J connectivity index is 1.30. The summed E-state index contributed by atoms with van der Waals surface area (Å²) in [4.78, 5) is 19.5. The summed E-state index contributed by atoms with van der Waals surface area (Å²) in [7, 11) is 0. The fourth-order valence-electron chi connectivity index (χ4n) is 5.53. The number of hydrogen-bond acceptors (Lipinski definition) is 6. The number of aromatic nitrogens is 4.